The van der Waals surface area contributed by atoms with Crippen LogP contribution in [-0.2, 0) is 13.2 Å². The smallest absolute Gasteiger partial charge is 0.143 e. The van der Waals surface area contributed by atoms with E-state index in [0.717, 1.165) is 11.3 Å². The SMILES string of the molecule is Cc1ccc(OCc2ccc(Cl)c(Cl)c2)c(CO)n1. The number of aromatic nitrogens is 1. The summed E-state index contributed by atoms with van der Waals surface area (Å²) < 4.78 is 5.64. The second-order valence-corrected chi connectivity index (χ2v) is 4.91. The molecule has 0 fully saturated rings. The summed E-state index contributed by atoms with van der Waals surface area (Å²) in [4.78, 5) is 4.21. The Morgan fingerprint density at radius 2 is 1.95 bits per heavy atom. The highest BCUT2D eigenvalue weighted by Gasteiger charge is 2.06. The van der Waals surface area contributed by atoms with Crippen molar-refractivity contribution in [2.24, 2.45) is 0 Å². The minimum atomic E-state index is -0.154. The van der Waals surface area contributed by atoms with Gasteiger partial charge in [0.25, 0.3) is 0 Å². The maximum absolute atomic E-state index is 9.24. The van der Waals surface area contributed by atoms with Gasteiger partial charge in [0, 0.05) is 5.69 Å². The predicted molar refractivity (Wildman–Crippen MR) is 75.7 cm³/mol. The summed E-state index contributed by atoms with van der Waals surface area (Å²) in [6, 6.07) is 8.95. The molecule has 0 radical (unpaired) electrons. The van der Waals surface area contributed by atoms with E-state index in [-0.39, 0.29) is 6.61 Å². The zero-order valence-electron chi connectivity index (χ0n) is 10.4. The standard InChI is InChI=1S/C14H13Cl2NO2/c1-9-2-5-14(13(7-18)17-9)19-8-10-3-4-11(15)12(16)6-10/h2-6,18H,7-8H2,1H3. The van der Waals surface area contributed by atoms with Crippen molar-refractivity contribution in [1.82, 2.24) is 4.98 Å². The van der Waals surface area contributed by atoms with Crippen LogP contribution in [0.15, 0.2) is 30.3 Å². The number of benzene rings is 1. The second kappa shape index (κ2) is 6.24. The van der Waals surface area contributed by atoms with E-state index in [4.69, 9.17) is 27.9 Å². The molecule has 0 aliphatic carbocycles. The second-order valence-electron chi connectivity index (χ2n) is 4.09. The zero-order valence-corrected chi connectivity index (χ0v) is 11.9. The first-order chi connectivity index (χ1) is 9.10. The third kappa shape index (κ3) is 3.60. The number of nitrogens with zero attached hydrogens (tertiary/aromatic N) is 1. The summed E-state index contributed by atoms with van der Waals surface area (Å²) >= 11 is 11.8. The van der Waals surface area contributed by atoms with Crippen LogP contribution in [0.5, 0.6) is 5.75 Å². The van der Waals surface area contributed by atoms with Gasteiger partial charge in [0.15, 0.2) is 0 Å². The van der Waals surface area contributed by atoms with E-state index in [1.54, 1.807) is 18.2 Å². The van der Waals surface area contributed by atoms with Crippen LogP contribution >= 0.6 is 23.2 Å². The minimum Gasteiger partial charge on any atom is -0.487 e. The predicted octanol–water partition coefficient (Wildman–Crippen LogP) is 3.77. The maximum atomic E-state index is 9.24. The lowest BCUT2D eigenvalue weighted by Gasteiger charge is -2.10. The van der Waals surface area contributed by atoms with Crippen molar-refractivity contribution < 1.29 is 9.84 Å². The monoisotopic (exact) mass is 297 g/mol. The molecule has 19 heavy (non-hydrogen) atoms. The van der Waals surface area contributed by atoms with Gasteiger partial charge in [0.05, 0.1) is 16.7 Å². The lowest BCUT2D eigenvalue weighted by Crippen LogP contribution is -2.01. The Bertz CT molecular complexity index is 588. The van der Waals surface area contributed by atoms with Gasteiger partial charge in [-0.15, -0.1) is 0 Å². The molecule has 0 aliphatic heterocycles. The Balaban J connectivity index is 2.12. The number of hydrogen-bond donors (Lipinski definition) is 1. The molecule has 1 heterocycles. The minimum absolute atomic E-state index is 0.154. The van der Waals surface area contributed by atoms with Crippen LogP contribution in [0.4, 0.5) is 0 Å². The Morgan fingerprint density at radius 1 is 1.16 bits per heavy atom. The third-order valence-electron chi connectivity index (χ3n) is 2.60. The molecule has 2 aromatic rings. The molecule has 0 amide bonds. The van der Waals surface area contributed by atoms with Gasteiger partial charge in [-0.25, -0.2) is 0 Å². The molecule has 1 N–H and O–H groups in total. The van der Waals surface area contributed by atoms with Crippen LogP contribution < -0.4 is 4.74 Å². The first kappa shape index (κ1) is 14.1. The fraction of sp³-hybridized carbons (Fsp3) is 0.214. The van der Waals surface area contributed by atoms with Crippen molar-refractivity contribution in [2.45, 2.75) is 20.1 Å². The Labute approximate surface area is 121 Å². The van der Waals surface area contributed by atoms with E-state index in [2.05, 4.69) is 4.98 Å². The van der Waals surface area contributed by atoms with E-state index in [1.807, 2.05) is 19.1 Å². The molecule has 0 atom stereocenters. The van der Waals surface area contributed by atoms with Gasteiger partial charge in [-0.3, -0.25) is 4.98 Å². The van der Waals surface area contributed by atoms with E-state index in [9.17, 15) is 5.11 Å². The van der Waals surface area contributed by atoms with E-state index < -0.39 is 0 Å². The fourth-order valence-electron chi connectivity index (χ4n) is 1.63. The third-order valence-corrected chi connectivity index (χ3v) is 3.34. The average Bonchev–Trinajstić information content (AvgIpc) is 2.41. The number of ether oxygens (including phenoxy) is 1. The Morgan fingerprint density at radius 3 is 2.63 bits per heavy atom. The highest BCUT2D eigenvalue weighted by molar-refractivity contribution is 6.42. The molecule has 0 saturated carbocycles. The molecule has 100 valence electrons. The van der Waals surface area contributed by atoms with Crippen LogP contribution in [0, 0.1) is 6.92 Å². The molecule has 0 aliphatic rings. The number of aliphatic hydroxyl groups is 1. The van der Waals surface area contributed by atoms with Crippen molar-refractivity contribution >= 4 is 23.2 Å². The lowest BCUT2D eigenvalue weighted by atomic mass is 10.2. The van der Waals surface area contributed by atoms with Crippen molar-refractivity contribution in [2.75, 3.05) is 0 Å². The van der Waals surface area contributed by atoms with Crippen molar-refractivity contribution in [3.8, 4) is 5.75 Å². The highest BCUT2D eigenvalue weighted by atomic mass is 35.5. The lowest BCUT2D eigenvalue weighted by molar-refractivity contribution is 0.253. The largest absolute Gasteiger partial charge is 0.487 e. The van der Waals surface area contributed by atoms with Gasteiger partial charge in [-0.2, -0.15) is 0 Å². The number of aryl methyl sites for hydroxylation is 1. The van der Waals surface area contributed by atoms with Crippen molar-refractivity contribution in [1.29, 1.82) is 0 Å². The van der Waals surface area contributed by atoms with Gasteiger partial charge in [-0.05, 0) is 36.8 Å². The van der Waals surface area contributed by atoms with Crippen LogP contribution in [-0.4, -0.2) is 10.1 Å². The first-order valence-electron chi connectivity index (χ1n) is 5.74. The molecule has 0 spiro atoms. The van der Waals surface area contributed by atoms with Crippen molar-refractivity contribution in [3.63, 3.8) is 0 Å². The molecular weight excluding hydrogens is 285 g/mol. The number of pyridine rings is 1. The molecule has 0 saturated heterocycles. The highest BCUT2D eigenvalue weighted by Crippen LogP contribution is 2.24. The summed E-state index contributed by atoms with van der Waals surface area (Å²) in [5, 5.41) is 10.2. The zero-order chi connectivity index (χ0) is 13.8. The summed E-state index contributed by atoms with van der Waals surface area (Å²) in [6.07, 6.45) is 0. The van der Waals surface area contributed by atoms with E-state index >= 15 is 0 Å². The van der Waals surface area contributed by atoms with Crippen LogP contribution in [0.25, 0.3) is 0 Å². The summed E-state index contributed by atoms with van der Waals surface area (Å²) in [5.74, 6) is 0.569. The fourth-order valence-corrected chi connectivity index (χ4v) is 1.95. The first-order valence-corrected chi connectivity index (χ1v) is 6.50. The number of halogens is 2. The maximum Gasteiger partial charge on any atom is 0.143 e. The van der Waals surface area contributed by atoms with Crippen LogP contribution in [0.1, 0.15) is 17.0 Å². The molecule has 0 unspecified atom stereocenters. The van der Waals surface area contributed by atoms with E-state index in [0.29, 0.717) is 28.1 Å². The molecule has 5 heteroatoms. The van der Waals surface area contributed by atoms with Crippen LogP contribution in [0.3, 0.4) is 0 Å². The van der Waals surface area contributed by atoms with Gasteiger partial charge in [0.1, 0.15) is 18.1 Å². The molecule has 3 nitrogen and oxygen atoms in total. The summed E-state index contributed by atoms with van der Waals surface area (Å²) in [7, 11) is 0. The number of aliphatic hydroxyl groups excluding tert-OH is 1. The normalized spacial score (nSPS) is 10.5. The topological polar surface area (TPSA) is 42.4 Å². The number of hydrogen-bond acceptors (Lipinski definition) is 3. The van der Waals surface area contributed by atoms with E-state index in [1.165, 1.54) is 0 Å². The summed E-state index contributed by atoms with van der Waals surface area (Å²) in [6.45, 7) is 2.05. The molecule has 0 bridgehead atoms. The van der Waals surface area contributed by atoms with Gasteiger partial charge in [0.2, 0.25) is 0 Å². The van der Waals surface area contributed by atoms with Crippen molar-refractivity contribution in [3.05, 3.63) is 57.3 Å². The van der Waals surface area contributed by atoms with Crippen LogP contribution in [0.2, 0.25) is 10.0 Å². The molecule has 2 rings (SSSR count). The quantitative estimate of drug-likeness (QED) is 0.934. The summed E-state index contributed by atoms with van der Waals surface area (Å²) in [5.41, 5.74) is 2.27. The van der Waals surface area contributed by atoms with Gasteiger partial charge < -0.3 is 9.84 Å². The van der Waals surface area contributed by atoms with Gasteiger partial charge >= 0.3 is 0 Å². The Kier molecular flexibility index (Phi) is 4.64. The van der Waals surface area contributed by atoms with Gasteiger partial charge in [-0.1, -0.05) is 29.3 Å². The molecular formula is C14H13Cl2NO2. The average molecular weight is 298 g/mol. The molecule has 1 aromatic carbocycles. The molecule has 1 aromatic heterocycles. The number of rotatable bonds is 4. The Hall–Kier alpha value is -1.29.